The first-order valence-electron chi connectivity index (χ1n) is 5.99. The van der Waals surface area contributed by atoms with Crippen molar-refractivity contribution in [1.29, 1.82) is 0 Å². The second-order valence-electron chi connectivity index (χ2n) is 4.33. The molecule has 5 heteroatoms. The molecule has 0 N–H and O–H groups in total. The van der Waals surface area contributed by atoms with Gasteiger partial charge in [0.1, 0.15) is 5.82 Å². The van der Waals surface area contributed by atoms with Crippen molar-refractivity contribution >= 4 is 56.6 Å². The van der Waals surface area contributed by atoms with Crippen molar-refractivity contribution in [1.82, 2.24) is 9.55 Å². The lowest BCUT2D eigenvalue weighted by Crippen LogP contribution is -2.04. The van der Waals surface area contributed by atoms with Crippen LogP contribution in [0.2, 0.25) is 0 Å². The minimum Gasteiger partial charge on any atom is -0.327 e. The molecule has 0 saturated heterocycles. The molecule has 1 aromatic carbocycles. The van der Waals surface area contributed by atoms with Crippen LogP contribution in [0.15, 0.2) is 35.0 Å². The normalized spacial score (nSPS) is 11.3. The third kappa shape index (κ3) is 2.80. The van der Waals surface area contributed by atoms with Crippen LogP contribution in [0, 0.1) is 3.57 Å². The summed E-state index contributed by atoms with van der Waals surface area (Å²) in [6.45, 7) is 0.926. The highest BCUT2D eigenvalue weighted by molar-refractivity contribution is 14.1. The molecule has 0 aliphatic rings. The molecule has 0 fully saturated rings. The van der Waals surface area contributed by atoms with Crippen molar-refractivity contribution in [2.24, 2.45) is 0 Å². The molecule has 0 aliphatic carbocycles. The lowest BCUT2D eigenvalue weighted by Gasteiger charge is -2.06. The van der Waals surface area contributed by atoms with Crippen LogP contribution < -0.4 is 0 Å². The van der Waals surface area contributed by atoms with Gasteiger partial charge in [0.15, 0.2) is 0 Å². The molecule has 98 valence electrons. The summed E-state index contributed by atoms with van der Waals surface area (Å²) in [7, 11) is 0. The van der Waals surface area contributed by atoms with E-state index in [1.54, 1.807) is 11.3 Å². The first-order chi connectivity index (χ1) is 9.28. The molecule has 2 nitrogen and oxygen atoms in total. The molecular weight excluding hydrogens is 391 g/mol. The molecule has 0 bridgehead atoms. The van der Waals surface area contributed by atoms with Crippen LogP contribution in [0.25, 0.3) is 11.0 Å². The third-order valence-corrected chi connectivity index (χ3v) is 4.76. The van der Waals surface area contributed by atoms with Crippen LogP contribution >= 0.6 is 45.5 Å². The summed E-state index contributed by atoms with van der Waals surface area (Å²) in [5.74, 6) is 1.41. The molecule has 0 saturated carbocycles. The van der Waals surface area contributed by atoms with Crippen molar-refractivity contribution in [2.45, 2.75) is 18.8 Å². The van der Waals surface area contributed by atoms with Crippen LogP contribution in [0.1, 0.15) is 11.4 Å². The van der Waals surface area contributed by atoms with E-state index in [1.807, 2.05) is 0 Å². The summed E-state index contributed by atoms with van der Waals surface area (Å²) in [5.41, 5.74) is 3.58. The van der Waals surface area contributed by atoms with Gasteiger partial charge in [-0.1, -0.05) is 0 Å². The molecular formula is C14H12ClIN2S. The molecule has 3 aromatic rings. The van der Waals surface area contributed by atoms with Crippen molar-refractivity contribution in [3.05, 3.63) is 50.0 Å². The topological polar surface area (TPSA) is 17.8 Å². The molecule has 0 aliphatic heterocycles. The van der Waals surface area contributed by atoms with Crippen LogP contribution in [0.5, 0.6) is 0 Å². The van der Waals surface area contributed by atoms with Gasteiger partial charge in [0.2, 0.25) is 0 Å². The third-order valence-electron chi connectivity index (χ3n) is 3.11. The monoisotopic (exact) mass is 402 g/mol. The van der Waals surface area contributed by atoms with Crippen LogP contribution in [-0.2, 0) is 18.8 Å². The molecule has 2 aromatic heterocycles. The van der Waals surface area contributed by atoms with E-state index in [-0.39, 0.29) is 0 Å². The van der Waals surface area contributed by atoms with Crippen molar-refractivity contribution in [2.75, 3.05) is 0 Å². The summed E-state index contributed by atoms with van der Waals surface area (Å²) < 4.78 is 3.43. The highest BCUT2D eigenvalue weighted by Crippen LogP contribution is 2.21. The van der Waals surface area contributed by atoms with E-state index < -0.39 is 0 Å². The SMILES string of the molecule is ClCc1nc2cc(I)ccc2n1CCc1ccsc1. The van der Waals surface area contributed by atoms with Crippen LogP contribution in [0.4, 0.5) is 0 Å². The number of aromatic nitrogens is 2. The number of aryl methyl sites for hydroxylation is 2. The summed E-state index contributed by atoms with van der Waals surface area (Å²) in [6, 6.07) is 8.53. The summed E-state index contributed by atoms with van der Waals surface area (Å²) in [4.78, 5) is 4.62. The molecule has 0 spiro atoms. The Morgan fingerprint density at radius 2 is 2.21 bits per heavy atom. The average Bonchev–Trinajstić information content (AvgIpc) is 3.02. The number of fused-ring (bicyclic) bond motifs is 1. The fourth-order valence-corrected chi connectivity index (χ4v) is 3.56. The Labute approximate surface area is 134 Å². The first-order valence-corrected chi connectivity index (χ1v) is 8.55. The van der Waals surface area contributed by atoms with Crippen molar-refractivity contribution in [3.63, 3.8) is 0 Å². The number of nitrogens with zero attached hydrogens (tertiary/aromatic N) is 2. The van der Waals surface area contributed by atoms with Gasteiger partial charge in [0.05, 0.1) is 16.9 Å². The quantitative estimate of drug-likeness (QED) is 0.457. The number of halogens is 2. The van der Waals surface area contributed by atoms with Crippen molar-refractivity contribution in [3.8, 4) is 0 Å². The zero-order valence-electron chi connectivity index (χ0n) is 10.1. The molecule has 0 unspecified atom stereocenters. The van der Waals surface area contributed by atoms with E-state index >= 15 is 0 Å². The highest BCUT2D eigenvalue weighted by atomic mass is 127. The largest absolute Gasteiger partial charge is 0.327 e. The van der Waals surface area contributed by atoms with E-state index in [4.69, 9.17) is 11.6 Å². The van der Waals surface area contributed by atoms with E-state index in [2.05, 4.69) is 67.2 Å². The van der Waals surface area contributed by atoms with Crippen LogP contribution in [0.3, 0.4) is 0 Å². The Morgan fingerprint density at radius 1 is 1.32 bits per heavy atom. The average molecular weight is 403 g/mol. The van der Waals surface area contributed by atoms with Gasteiger partial charge in [-0.3, -0.25) is 0 Å². The zero-order chi connectivity index (χ0) is 13.2. The number of benzene rings is 1. The van der Waals surface area contributed by atoms with Gasteiger partial charge in [0, 0.05) is 10.1 Å². The predicted molar refractivity (Wildman–Crippen MR) is 90.0 cm³/mol. The van der Waals surface area contributed by atoms with Crippen molar-refractivity contribution < 1.29 is 0 Å². The maximum atomic E-state index is 6.02. The lowest BCUT2D eigenvalue weighted by molar-refractivity contribution is 0.689. The van der Waals surface area contributed by atoms with Crippen LogP contribution in [-0.4, -0.2) is 9.55 Å². The number of hydrogen-bond donors (Lipinski definition) is 0. The number of imidazole rings is 1. The molecule has 0 amide bonds. The Kier molecular flexibility index (Phi) is 4.10. The van der Waals surface area contributed by atoms with Gasteiger partial charge in [-0.05, 0) is 69.6 Å². The molecule has 2 heterocycles. The Hall–Kier alpha value is -0.590. The summed E-state index contributed by atoms with van der Waals surface area (Å²) >= 11 is 10.1. The summed E-state index contributed by atoms with van der Waals surface area (Å²) in [6.07, 6.45) is 1.02. The van der Waals surface area contributed by atoms with E-state index in [1.165, 1.54) is 14.7 Å². The number of rotatable bonds is 4. The second kappa shape index (κ2) is 5.81. The number of alkyl halides is 1. The fourth-order valence-electron chi connectivity index (χ4n) is 2.18. The zero-order valence-corrected chi connectivity index (χ0v) is 13.9. The minimum atomic E-state index is 0.453. The molecule has 0 radical (unpaired) electrons. The maximum absolute atomic E-state index is 6.02. The second-order valence-corrected chi connectivity index (χ2v) is 6.62. The lowest BCUT2D eigenvalue weighted by atomic mass is 10.2. The fraction of sp³-hybridized carbons (Fsp3) is 0.214. The van der Waals surface area contributed by atoms with E-state index in [9.17, 15) is 0 Å². The van der Waals surface area contributed by atoms with Gasteiger partial charge >= 0.3 is 0 Å². The Morgan fingerprint density at radius 3 is 2.95 bits per heavy atom. The van der Waals surface area contributed by atoms with Gasteiger partial charge in [-0.15, -0.1) is 11.6 Å². The first kappa shape index (κ1) is 13.4. The summed E-state index contributed by atoms with van der Waals surface area (Å²) in [5, 5.41) is 4.31. The molecule has 3 rings (SSSR count). The Bertz CT molecular complexity index is 691. The van der Waals surface area contributed by atoms with Gasteiger partial charge < -0.3 is 4.57 Å². The smallest absolute Gasteiger partial charge is 0.124 e. The van der Waals surface area contributed by atoms with Gasteiger partial charge in [-0.25, -0.2) is 4.98 Å². The minimum absolute atomic E-state index is 0.453. The maximum Gasteiger partial charge on any atom is 0.124 e. The van der Waals surface area contributed by atoms with E-state index in [0.717, 1.165) is 24.3 Å². The predicted octanol–water partition coefficient (Wildman–Crippen LogP) is 4.68. The highest BCUT2D eigenvalue weighted by Gasteiger charge is 2.10. The number of hydrogen-bond acceptors (Lipinski definition) is 2. The van der Waals surface area contributed by atoms with Gasteiger partial charge in [-0.2, -0.15) is 11.3 Å². The van der Waals surface area contributed by atoms with E-state index in [0.29, 0.717) is 5.88 Å². The Balaban J connectivity index is 1.96. The standard InChI is InChI=1S/C14H12ClIN2S/c15-8-14-17-12-7-11(16)1-2-13(12)18(14)5-3-10-4-6-19-9-10/h1-2,4,6-7,9H,3,5,8H2. The van der Waals surface area contributed by atoms with Gasteiger partial charge in [0.25, 0.3) is 0 Å². The molecule has 19 heavy (non-hydrogen) atoms. The number of thiophene rings is 1. The molecule has 0 atom stereocenters.